The Labute approximate surface area is 97.9 Å². The summed E-state index contributed by atoms with van der Waals surface area (Å²) in [5.41, 5.74) is 5.66. The largest absolute Gasteiger partial charge is 0.385 e. The molecule has 1 aliphatic carbocycles. The predicted molar refractivity (Wildman–Crippen MR) is 64.1 cm³/mol. The molecule has 1 rings (SSSR count). The van der Waals surface area contributed by atoms with Crippen LogP contribution in [0.15, 0.2) is 0 Å². The van der Waals surface area contributed by atoms with Gasteiger partial charge in [-0.3, -0.25) is 4.79 Å². The number of methoxy groups -OCH3 is 1. The summed E-state index contributed by atoms with van der Waals surface area (Å²) in [4.78, 5) is 11.7. The molecule has 4 heteroatoms. The van der Waals surface area contributed by atoms with Crippen LogP contribution < -0.4 is 11.1 Å². The summed E-state index contributed by atoms with van der Waals surface area (Å²) in [5.74, 6) is 0.142. The molecule has 0 atom stereocenters. The third-order valence-corrected chi connectivity index (χ3v) is 3.36. The Morgan fingerprint density at radius 3 is 2.62 bits per heavy atom. The van der Waals surface area contributed by atoms with Gasteiger partial charge in [0.05, 0.1) is 5.54 Å². The Bertz CT molecular complexity index is 213. The molecule has 1 aliphatic rings. The van der Waals surface area contributed by atoms with Crippen LogP contribution in [0.5, 0.6) is 0 Å². The quantitative estimate of drug-likeness (QED) is 0.643. The van der Waals surface area contributed by atoms with Crippen LogP contribution in [0, 0.1) is 0 Å². The van der Waals surface area contributed by atoms with Crippen LogP contribution in [0.1, 0.15) is 44.9 Å². The number of hydrogen-bond acceptors (Lipinski definition) is 3. The average molecular weight is 228 g/mol. The van der Waals surface area contributed by atoms with Crippen molar-refractivity contribution >= 4 is 5.91 Å². The van der Waals surface area contributed by atoms with E-state index in [9.17, 15) is 4.79 Å². The van der Waals surface area contributed by atoms with Crippen LogP contribution in [-0.2, 0) is 9.53 Å². The minimum absolute atomic E-state index is 0.0989. The van der Waals surface area contributed by atoms with Gasteiger partial charge in [0.25, 0.3) is 0 Å². The molecule has 0 aromatic carbocycles. The van der Waals surface area contributed by atoms with Crippen LogP contribution in [0.3, 0.4) is 0 Å². The average Bonchev–Trinajstić information content (AvgIpc) is 2.74. The van der Waals surface area contributed by atoms with Crippen molar-refractivity contribution in [3.05, 3.63) is 0 Å². The summed E-state index contributed by atoms with van der Waals surface area (Å²) in [5, 5.41) is 3.11. The first-order chi connectivity index (χ1) is 7.72. The van der Waals surface area contributed by atoms with E-state index in [0.717, 1.165) is 32.3 Å². The molecule has 1 fully saturated rings. The standard InChI is InChI=1S/C12H24N2O2/c1-16-9-5-2-6-11(15)14-12(10-13)7-3-4-8-12/h2-10,13H2,1H3,(H,14,15). The number of nitrogens with one attached hydrogen (secondary N) is 1. The molecule has 4 nitrogen and oxygen atoms in total. The Morgan fingerprint density at radius 2 is 2.06 bits per heavy atom. The Balaban J connectivity index is 2.21. The number of nitrogens with two attached hydrogens (primary N) is 1. The number of ether oxygens (including phenoxy) is 1. The molecule has 0 unspecified atom stereocenters. The monoisotopic (exact) mass is 228 g/mol. The second-order valence-electron chi connectivity index (χ2n) is 4.69. The fourth-order valence-corrected chi connectivity index (χ4v) is 2.32. The maximum absolute atomic E-state index is 11.7. The first kappa shape index (κ1) is 13.5. The molecule has 0 aromatic rings. The molecule has 1 amide bonds. The lowest BCUT2D eigenvalue weighted by atomic mass is 9.97. The molecule has 0 heterocycles. The molecule has 0 bridgehead atoms. The number of unbranched alkanes of at least 4 members (excludes halogenated alkanes) is 1. The Kier molecular flexibility index (Phi) is 5.77. The molecule has 0 spiro atoms. The van der Waals surface area contributed by atoms with Gasteiger partial charge in [-0.2, -0.15) is 0 Å². The second-order valence-corrected chi connectivity index (χ2v) is 4.69. The Morgan fingerprint density at radius 1 is 1.38 bits per heavy atom. The highest BCUT2D eigenvalue weighted by Crippen LogP contribution is 2.28. The SMILES string of the molecule is COCCCCC(=O)NC1(CN)CCCC1. The van der Waals surface area contributed by atoms with Crippen LogP contribution in [0.25, 0.3) is 0 Å². The fraction of sp³-hybridized carbons (Fsp3) is 0.917. The highest BCUT2D eigenvalue weighted by molar-refractivity contribution is 5.76. The molecule has 0 aliphatic heterocycles. The van der Waals surface area contributed by atoms with Crippen molar-refractivity contribution in [1.29, 1.82) is 0 Å². The van der Waals surface area contributed by atoms with E-state index in [0.29, 0.717) is 13.0 Å². The van der Waals surface area contributed by atoms with Crippen molar-refractivity contribution in [2.24, 2.45) is 5.73 Å². The van der Waals surface area contributed by atoms with Crippen molar-refractivity contribution in [1.82, 2.24) is 5.32 Å². The van der Waals surface area contributed by atoms with Gasteiger partial charge in [-0.1, -0.05) is 12.8 Å². The molecule has 16 heavy (non-hydrogen) atoms. The minimum Gasteiger partial charge on any atom is -0.385 e. The zero-order chi connectivity index (χ0) is 11.9. The highest BCUT2D eigenvalue weighted by Gasteiger charge is 2.33. The minimum atomic E-state index is -0.0989. The van der Waals surface area contributed by atoms with Crippen LogP contribution in [-0.4, -0.2) is 31.7 Å². The van der Waals surface area contributed by atoms with E-state index in [4.69, 9.17) is 10.5 Å². The molecular formula is C12H24N2O2. The van der Waals surface area contributed by atoms with E-state index in [-0.39, 0.29) is 11.4 Å². The topological polar surface area (TPSA) is 64.3 Å². The molecule has 0 aromatic heterocycles. The third kappa shape index (κ3) is 4.10. The lowest BCUT2D eigenvalue weighted by Crippen LogP contribution is -2.51. The predicted octanol–water partition coefficient (Wildman–Crippen LogP) is 1.19. The second kappa shape index (κ2) is 6.86. The fourth-order valence-electron chi connectivity index (χ4n) is 2.32. The van der Waals surface area contributed by atoms with Gasteiger partial charge < -0.3 is 15.8 Å². The lowest BCUT2D eigenvalue weighted by molar-refractivity contribution is -0.123. The van der Waals surface area contributed by atoms with E-state index in [2.05, 4.69) is 5.32 Å². The van der Waals surface area contributed by atoms with Gasteiger partial charge in [-0.25, -0.2) is 0 Å². The number of rotatable bonds is 7. The van der Waals surface area contributed by atoms with Crippen LogP contribution in [0.4, 0.5) is 0 Å². The van der Waals surface area contributed by atoms with Gasteiger partial charge in [-0.05, 0) is 25.7 Å². The molecule has 0 radical (unpaired) electrons. The first-order valence-corrected chi connectivity index (χ1v) is 6.22. The summed E-state index contributed by atoms with van der Waals surface area (Å²) in [7, 11) is 1.68. The van der Waals surface area contributed by atoms with E-state index >= 15 is 0 Å². The van der Waals surface area contributed by atoms with Gasteiger partial charge in [-0.15, -0.1) is 0 Å². The number of carbonyl (C=O) groups excluding carboxylic acids is 1. The molecule has 94 valence electrons. The zero-order valence-electron chi connectivity index (χ0n) is 10.3. The summed E-state index contributed by atoms with van der Waals surface area (Å²) < 4.78 is 4.95. The molecule has 0 saturated heterocycles. The normalized spacial score (nSPS) is 18.6. The van der Waals surface area contributed by atoms with Crippen LogP contribution >= 0.6 is 0 Å². The molecule has 1 saturated carbocycles. The van der Waals surface area contributed by atoms with Crippen molar-refractivity contribution in [2.45, 2.75) is 50.5 Å². The maximum Gasteiger partial charge on any atom is 0.220 e. The highest BCUT2D eigenvalue weighted by atomic mass is 16.5. The van der Waals surface area contributed by atoms with E-state index < -0.39 is 0 Å². The zero-order valence-corrected chi connectivity index (χ0v) is 10.3. The summed E-state index contributed by atoms with van der Waals surface area (Å²) in [6, 6.07) is 0. The van der Waals surface area contributed by atoms with Crippen LogP contribution in [0.2, 0.25) is 0 Å². The maximum atomic E-state index is 11.7. The van der Waals surface area contributed by atoms with E-state index in [1.807, 2.05) is 0 Å². The van der Waals surface area contributed by atoms with Gasteiger partial charge in [0.1, 0.15) is 0 Å². The first-order valence-electron chi connectivity index (χ1n) is 6.22. The van der Waals surface area contributed by atoms with Gasteiger partial charge >= 0.3 is 0 Å². The summed E-state index contributed by atoms with van der Waals surface area (Å²) in [6.07, 6.45) is 6.86. The lowest BCUT2D eigenvalue weighted by Gasteiger charge is -2.28. The molecular weight excluding hydrogens is 204 g/mol. The molecule has 3 N–H and O–H groups in total. The van der Waals surface area contributed by atoms with Gasteiger partial charge in [0.2, 0.25) is 5.91 Å². The number of hydrogen-bond donors (Lipinski definition) is 2. The van der Waals surface area contributed by atoms with Gasteiger partial charge in [0.15, 0.2) is 0 Å². The smallest absolute Gasteiger partial charge is 0.220 e. The number of carbonyl (C=O) groups is 1. The number of amides is 1. The van der Waals surface area contributed by atoms with E-state index in [1.54, 1.807) is 7.11 Å². The Hall–Kier alpha value is -0.610. The van der Waals surface area contributed by atoms with Crippen molar-refractivity contribution in [2.75, 3.05) is 20.3 Å². The summed E-state index contributed by atoms with van der Waals surface area (Å²) in [6.45, 7) is 1.30. The van der Waals surface area contributed by atoms with Gasteiger partial charge in [0, 0.05) is 26.7 Å². The van der Waals surface area contributed by atoms with E-state index in [1.165, 1.54) is 12.8 Å². The summed E-state index contributed by atoms with van der Waals surface area (Å²) >= 11 is 0. The van der Waals surface area contributed by atoms with Crippen molar-refractivity contribution < 1.29 is 9.53 Å². The van der Waals surface area contributed by atoms with Crippen molar-refractivity contribution in [3.8, 4) is 0 Å². The van der Waals surface area contributed by atoms with Crippen molar-refractivity contribution in [3.63, 3.8) is 0 Å². The third-order valence-electron chi connectivity index (χ3n) is 3.36.